The summed E-state index contributed by atoms with van der Waals surface area (Å²) in [4.78, 5) is 16.4. The molecule has 1 fully saturated rings. The Bertz CT molecular complexity index is 428. The van der Waals surface area contributed by atoms with Gasteiger partial charge < -0.3 is 15.8 Å². The van der Waals surface area contributed by atoms with Gasteiger partial charge in [-0.1, -0.05) is 0 Å². The lowest BCUT2D eigenvalue weighted by Gasteiger charge is -2.34. The Balaban J connectivity index is 2.10. The molecule has 1 saturated heterocycles. The van der Waals surface area contributed by atoms with Crippen molar-refractivity contribution in [2.45, 2.75) is 19.8 Å². The summed E-state index contributed by atoms with van der Waals surface area (Å²) in [6.07, 6.45) is 4.75. The summed E-state index contributed by atoms with van der Waals surface area (Å²) in [5.74, 6) is -0.0271. The van der Waals surface area contributed by atoms with E-state index in [0.29, 0.717) is 32.6 Å². The second-order valence-electron chi connectivity index (χ2n) is 4.80. The third kappa shape index (κ3) is 2.68. The van der Waals surface area contributed by atoms with E-state index in [9.17, 15) is 4.79 Å². The first kappa shape index (κ1) is 13.0. The molecule has 0 aliphatic carbocycles. The minimum atomic E-state index is -0.498. The topological polar surface area (TPSA) is 77.2 Å². The first-order chi connectivity index (χ1) is 8.66. The molecule has 1 aliphatic rings. The van der Waals surface area contributed by atoms with Gasteiger partial charge in [0.15, 0.2) is 0 Å². The number of aryl methyl sites for hydroxylation is 1. The van der Waals surface area contributed by atoms with E-state index >= 15 is 0 Å². The molecule has 0 unspecified atom stereocenters. The minimum absolute atomic E-state index is 0.0271. The highest BCUT2D eigenvalue weighted by Crippen LogP contribution is 2.30. The summed E-state index contributed by atoms with van der Waals surface area (Å²) in [5, 5.41) is 2.91. The van der Waals surface area contributed by atoms with Crippen LogP contribution in [0.3, 0.4) is 0 Å². The standard InChI is InChI=1S/C13H19N3O2/c1-10-6-11(8-15-7-10)16-12(17)13(9-14)2-4-18-5-3-13/h6-8H,2-5,9,14H2,1H3,(H,16,17). The molecule has 0 bridgehead atoms. The van der Waals surface area contributed by atoms with Crippen LogP contribution in [0.15, 0.2) is 18.5 Å². The molecule has 1 aromatic rings. The van der Waals surface area contributed by atoms with E-state index in [0.717, 1.165) is 11.3 Å². The molecule has 0 radical (unpaired) electrons. The van der Waals surface area contributed by atoms with Crippen molar-refractivity contribution in [1.29, 1.82) is 0 Å². The fraction of sp³-hybridized carbons (Fsp3) is 0.538. The van der Waals surface area contributed by atoms with Gasteiger partial charge in [-0.05, 0) is 31.4 Å². The summed E-state index contributed by atoms with van der Waals surface area (Å²) in [7, 11) is 0. The average Bonchev–Trinajstić information content (AvgIpc) is 2.39. The number of nitrogens with two attached hydrogens (primary N) is 1. The number of carbonyl (C=O) groups excluding carboxylic acids is 1. The summed E-state index contributed by atoms with van der Waals surface area (Å²) in [6, 6.07) is 1.90. The van der Waals surface area contributed by atoms with Crippen LogP contribution in [-0.4, -0.2) is 30.6 Å². The van der Waals surface area contributed by atoms with Crippen LogP contribution >= 0.6 is 0 Å². The molecule has 3 N–H and O–H groups in total. The molecular weight excluding hydrogens is 230 g/mol. The number of hydrogen-bond donors (Lipinski definition) is 2. The van der Waals surface area contributed by atoms with Crippen LogP contribution in [0.25, 0.3) is 0 Å². The predicted molar refractivity (Wildman–Crippen MR) is 69.1 cm³/mol. The van der Waals surface area contributed by atoms with Gasteiger partial charge in [-0.25, -0.2) is 0 Å². The Labute approximate surface area is 107 Å². The SMILES string of the molecule is Cc1cncc(NC(=O)C2(CN)CCOCC2)c1. The molecule has 98 valence electrons. The molecular formula is C13H19N3O2. The van der Waals surface area contributed by atoms with E-state index < -0.39 is 5.41 Å². The molecule has 5 nitrogen and oxygen atoms in total. The summed E-state index contributed by atoms with van der Waals surface area (Å²) >= 11 is 0. The molecule has 0 atom stereocenters. The molecule has 0 saturated carbocycles. The number of amides is 1. The van der Waals surface area contributed by atoms with Crippen LogP contribution in [0.5, 0.6) is 0 Å². The van der Waals surface area contributed by atoms with E-state index in [2.05, 4.69) is 10.3 Å². The number of anilines is 1. The van der Waals surface area contributed by atoms with E-state index in [1.54, 1.807) is 12.4 Å². The first-order valence-corrected chi connectivity index (χ1v) is 6.17. The van der Waals surface area contributed by atoms with Crippen LogP contribution in [0, 0.1) is 12.3 Å². The van der Waals surface area contributed by atoms with Gasteiger partial charge in [0.05, 0.1) is 17.3 Å². The Morgan fingerprint density at radius 1 is 1.50 bits per heavy atom. The fourth-order valence-electron chi connectivity index (χ4n) is 2.17. The molecule has 2 rings (SSSR count). The highest BCUT2D eigenvalue weighted by atomic mass is 16.5. The lowest BCUT2D eigenvalue weighted by molar-refractivity contribution is -0.130. The number of aromatic nitrogens is 1. The van der Waals surface area contributed by atoms with Gasteiger partial charge in [0.25, 0.3) is 0 Å². The molecule has 1 amide bonds. The Kier molecular flexibility index (Phi) is 3.93. The smallest absolute Gasteiger partial charge is 0.232 e. The van der Waals surface area contributed by atoms with Gasteiger partial charge in [-0.3, -0.25) is 9.78 Å². The summed E-state index contributed by atoms with van der Waals surface area (Å²) < 4.78 is 5.30. The van der Waals surface area contributed by atoms with E-state index in [1.165, 1.54) is 0 Å². The largest absolute Gasteiger partial charge is 0.381 e. The van der Waals surface area contributed by atoms with Crippen molar-refractivity contribution in [2.24, 2.45) is 11.1 Å². The summed E-state index contributed by atoms with van der Waals surface area (Å²) in [5.41, 5.74) is 7.03. The number of carbonyl (C=O) groups is 1. The van der Waals surface area contributed by atoms with Crippen LogP contribution in [0.2, 0.25) is 0 Å². The lowest BCUT2D eigenvalue weighted by Crippen LogP contribution is -2.46. The third-order valence-electron chi connectivity index (χ3n) is 3.46. The molecule has 0 spiro atoms. The highest BCUT2D eigenvalue weighted by molar-refractivity contribution is 5.95. The van der Waals surface area contributed by atoms with Gasteiger partial charge in [-0.15, -0.1) is 0 Å². The monoisotopic (exact) mass is 249 g/mol. The fourth-order valence-corrected chi connectivity index (χ4v) is 2.17. The summed E-state index contributed by atoms with van der Waals surface area (Å²) in [6.45, 7) is 3.48. The number of nitrogens with zero attached hydrogens (tertiary/aromatic N) is 1. The zero-order valence-corrected chi connectivity index (χ0v) is 10.6. The van der Waals surface area contributed by atoms with Crippen molar-refractivity contribution >= 4 is 11.6 Å². The van der Waals surface area contributed by atoms with Crippen molar-refractivity contribution in [3.05, 3.63) is 24.0 Å². The number of rotatable bonds is 3. The Morgan fingerprint density at radius 2 is 2.22 bits per heavy atom. The van der Waals surface area contributed by atoms with Crippen LogP contribution in [-0.2, 0) is 9.53 Å². The van der Waals surface area contributed by atoms with Gasteiger partial charge in [0.2, 0.25) is 5.91 Å². The number of pyridine rings is 1. The normalized spacial score (nSPS) is 18.3. The number of hydrogen-bond acceptors (Lipinski definition) is 4. The van der Waals surface area contributed by atoms with Crippen molar-refractivity contribution in [3.63, 3.8) is 0 Å². The Morgan fingerprint density at radius 3 is 2.83 bits per heavy atom. The molecule has 2 heterocycles. The number of ether oxygens (including phenoxy) is 1. The van der Waals surface area contributed by atoms with Crippen LogP contribution in [0.4, 0.5) is 5.69 Å². The van der Waals surface area contributed by atoms with E-state index in [-0.39, 0.29) is 5.91 Å². The number of nitrogens with one attached hydrogen (secondary N) is 1. The van der Waals surface area contributed by atoms with E-state index in [1.807, 2.05) is 13.0 Å². The second-order valence-corrected chi connectivity index (χ2v) is 4.80. The average molecular weight is 249 g/mol. The van der Waals surface area contributed by atoms with E-state index in [4.69, 9.17) is 10.5 Å². The molecule has 1 aromatic heterocycles. The molecule has 0 aromatic carbocycles. The van der Waals surface area contributed by atoms with Crippen LogP contribution in [0.1, 0.15) is 18.4 Å². The zero-order valence-electron chi connectivity index (χ0n) is 10.6. The second kappa shape index (κ2) is 5.46. The van der Waals surface area contributed by atoms with Gasteiger partial charge in [0, 0.05) is 26.0 Å². The third-order valence-corrected chi connectivity index (χ3v) is 3.46. The predicted octanol–water partition coefficient (Wildman–Crippen LogP) is 1.08. The molecule has 18 heavy (non-hydrogen) atoms. The maximum Gasteiger partial charge on any atom is 0.232 e. The maximum absolute atomic E-state index is 12.4. The zero-order chi connectivity index (χ0) is 13.0. The van der Waals surface area contributed by atoms with Gasteiger partial charge >= 0.3 is 0 Å². The Hall–Kier alpha value is -1.46. The highest BCUT2D eigenvalue weighted by Gasteiger charge is 2.38. The lowest BCUT2D eigenvalue weighted by atomic mass is 9.79. The van der Waals surface area contributed by atoms with Crippen LogP contribution < -0.4 is 11.1 Å². The quantitative estimate of drug-likeness (QED) is 0.840. The van der Waals surface area contributed by atoms with Gasteiger partial charge in [0.1, 0.15) is 0 Å². The van der Waals surface area contributed by atoms with Crippen molar-refractivity contribution in [2.75, 3.05) is 25.1 Å². The van der Waals surface area contributed by atoms with Crippen molar-refractivity contribution in [1.82, 2.24) is 4.98 Å². The minimum Gasteiger partial charge on any atom is -0.381 e. The first-order valence-electron chi connectivity index (χ1n) is 6.17. The van der Waals surface area contributed by atoms with Crippen molar-refractivity contribution in [3.8, 4) is 0 Å². The van der Waals surface area contributed by atoms with Crippen molar-refractivity contribution < 1.29 is 9.53 Å². The maximum atomic E-state index is 12.4. The van der Waals surface area contributed by atoms with Gasteiger partial charge in [-0.2, -0.15) is 0 Å². The molecule has 5 heteroatoms. The molecule has 1 aliphatic heterocycles.